The van der Waals surface area contributed by atoms with Gasteiger partial charge >= 0.3 is 0 Å². The van der Waals surface area contributed by atoms with E-state index < -0.39 is 0 Å². The molecule has 0 aliphatic rings. The number of hydrogen-bond acceptors (Lipinski definition) is 7. The molecule has 9 heteroatoms. The Morgan fingerprint density at radius 3 is 2.37 bits per heavy atom. The molecule has 8 nitrogen and oxygen atoms in total. The molecule has 3 heterocycles. The van der Waals surface area contributed by atoms with Crippen molar-refractivity contribution in [3.05, 3.63) is 102 Å². The van der Waals surface area contributed by atoms with Gasteiger partial charge in [-0.1, -0.05) is 30.3 Å². The summed E-state index contributed by atoms with van der Waals surface area (Å²) in [5.74, 6) is 0.222. The second-order valence-corrected chi connectivity index (χ2v) is 9.88. The Kier molecular flexibility index (Phi) is 9.30. The first-order valence-corrected chi connectivity index (χ1v) is 13.7. The van der Waals surface area contributed by atoms with E-state index in [9.17, 15) is 4.39 Å². The van der Waals surface area contributed by atoms with Crippen molar-refractivity contribution in [2.45, 2.75) is 19.5 Å². The number of benzene rings is 2. The Morgan fingerprint density at radius 2 is 1.66 bits per heavy atom. The number of ether oxygens (including phenoxy) is 2. The lowest BCUT2D eigenvalue weighted by molar-refractivity contribution is 0.110. The zero-order chi connectivity index (χ0) is 28.6. The molecule has 212 valence electrons. The van der Waals surface area contributed by atoms with E-state index in [0.717, 1.165) is 53.4 Å². The topological polar surface area (TPSA) is 76.8 Å². The van der Waals surface area contributed by atoms with Gasteiger partial charge in [-0.05, 0) is 60.5 Å². The number of anilines is 1. The molecule has 41 heavy (non-hydrogen) atoms. The van der Waals surface area contributed by atoms with Crippen LogP contribution in [0.15, 0.2) is 85.2 Å². The van der Waals surface area contributed by atoms with Crippen LogP contribution in [0.25, 0.3) is 28.3 Å². The number of halogens is 1. The minimum Gasteiger partial charge on any atom is -0.383 e. The Bertz CT molecular complexity index is 1550. The molecule has 0 unspecified atom stereocenters. The highest BCUT2D eigenvalue weighted by molar-refractivity contribution is 5.80. The first kappa shape index (κ1) is 28.4. The van der Waals surface area contributed by atoms with Crippen molar-refractivity contribution in [3.63, 3.8) is 0 Å². The normalized spacial score (nSPS) is 12.2. The molecule has 0 fully saturated rings. The van der Waals surface area contributed by atoms with E-state index in [1.165, 1.54) is 12.1 Å². The maximum absolute atomic E-state index is 13.8. The van der Waals surface area contributed by atoms with Gasteiger partial charge < -0.3 is 14.8 Å². The molecular formula is C32H35FN6O2. The summed E-state index contributed by atoms with van der Waals surface area (Å²) in [7, 11) is 3.42. The second-order valence-electron chi connectivity index (χ2n) is 9.88. The van der Waals surface area contributed by atoms with Gasteiger partial charge in [0.25, 0.3) is 0 Å². The van der Waals surface area contributed by atoms with Gasteiger partial charge in [-0.3, -0.25) is 9.30 Å². The van der Waals surface area contributed by atoms with Crippen molar-refractivity contribution in [2.24, 2.45) is 0 Å². The summed E-state index contributed by atoms with van der Waals surface area (Å²) in [5, 5.41) is 3.41. The van der Waals surface area contributed by atoms with E-state index in [1.54, 1.807) is 32.5 Å². The van der Waals surface area contributed by atoms with Gasteiger partial charge in [0.2, 0.25) is 5.95 Å². The first-order valence-electron chi connectivity index (χ1n) is 13.7. The number of nitrogens with zero attached hydrogens (tertiary/aromatic N) is 5. The van der Waals surface area contributed by atoms with E-state index in [0.29, 0.717) is 24.9 Å². The lowest BCUT2D eigenvalue weighted by Crippen LogP contribution is -2.30. The highest BCUT2D eigenvalue weighted by Crippen LogP contribution is 2.33. The number of fused-ring (bicyclic) bond motifs is 1. The smallest absolute Gasteiger partial charge is 0.223 e. The van der Waals surface area contributed by atoms with Gasteiger partial charge in [0.1, 0.15) is 11.5 Å². The number of methoxy groups -OCH3 is 2. The van der Waals surface area contributed by atoms with E-state index >= 15 is 0 Å². The van der Waals surface area contributed by atoms with Crippen LogP contribution in [-0.4, -0.2) is 64.8 Å². The summed E-state index contributed by atoms with van der Waals surface area (Å²) in [6.45, 7) is 5.68. The van der Waals surface area contributed by atoms with Crippen molar-refractivity contribution in [1.82, 2.24) is 24.3 Å². The maximum atomic E-state index is 13.8. The van der Waals surface area contributed by atoms with Crippen LogP contribution in [0, 0.1) is 5.82 Å². The highest BCUT2D eigenvalue weighted by Gasteiger charge is 2.19. The van der Waals surface area contributed by atoms with Crippen LogP contribution in [0.1, 0.15) is 24.1 Å². The zero-order valence-corrected chi connectivity index (χ0v) is 23.6. The summed E-state index contributed by atoms with van der Waals surface area (Å²) in [6, 6.07) is 22.6. The van der Waals surface area contributed by atoms with Crippen LogP contribution in [0.2, 0.25) is 0 Å². The fourth-order valence-electron chi connectivity index (χ4n) is 4.79. The molecule has 0 spiro atoms. The van der Waals surface area contributed by atoms with Crippen molar-refractivity contribution in [3.8, 4) is 22.6 Å². The molecule has 0 aliphatic heterocycles. The standard InChI is InChI=1S/C32H35FN6O2/c1-23(25-7-5-4-6-8-25)35-32-34-15-13-28(36-32)31-30(26-9-11-27(33)12-10-26)37-29-21-24(14-16-39(29)31)22-38(17-19-40-2)18-20-41-3/h4-16,21,23H,17-20,22H2,1-3H3,(H,34,35,36)/t23-/m0/s1. The van der Waals surface area contributed by atoms with Gasteiger partial charge in [-0.25, -0.2) is 19.3 Å². The van der Waals surface area contributed by atoms with Crippen LogP contribution in [0.4, 0.5) is 10.3 Å². The minimum atomic E-state index is -0.294. The third-order valence-electron chi connectivity index (χ3n) is 6.98. The molecule has 1 atom stereocenters. The van der Waals surface area contributed by atoms with Gasteiger partial charge in [0, 0.05) is 51.8 Å². The number of nitrogens with one attached hydrogen (secondary N) is 1. The quantitative estimate of drug-likeness (QED) is 0.195. The van der Waals surface area contributed by atoms with Gasteiger partial charge in [0.15, 0.2) is 0 Å². The summed E-state index contributed by atoms with van der Waals surface area (Å²) in [6.07, 6.45) is 3.76. The fraction of sp³-hybridized carbons (Fsp3) is 0.281. The van der Waals surface area contributed by atoms with Crippen LogP contribution in [0.3, 0.4) is 0 Å². The van der Waals surface area contributed by atoms with E-state index in [-0.39, 0.29) is 11.9 Å². The fourth-order valence-corrected chi connectivity index (χ4v) is 4.79. The Morgan fingerprint density at radius 1 is 0.927 bits per heavy atom. The summed E-state index contributed by atoms with van der Waals surface area (Å²) in [4.78, 5) is 16.7. The molecule has 5 rings (SSSR count). The third-order valence-corrected chi connectivity index (χ3v) is 6.98. The molecule has 1 N–H and O–H groups in total. The average Bonchev–Trinajstić information content (AvgIpc) is 3.38. The molecule has 0 saturated heterocycles. The maximum Gasteiger partial charge on any atom is 0.223 e. The predicted molar refractivity (Wildman–Crippen MR) is 159 cm³/mol. The van der Waals surface area contributed by atoms with E-state index in [4.69, 9.17) is 19.4 Å². The van der Waals surface area contributed by atoms with Gasteiger partial charge in [0.05, 0.1) is 36.3 Å². The number of imidazole rings is 1. The lowest BCUT2D eigenvalue weighted by atomic mass is 10.1. The largest absolute Gasteiger partial charge is 0.383 e. The molecule has 5 aromatic rings. The summed E-state index contributed by atoms with van der Waals surface area (Å²) >= 11 is 0. The predicted octanol–water partition coefficient (Wildman–Crippen LogP) is 5.87. The number of rotatable bonds is 13. The number of hydrogen-bond donors (Lipinski definition) is 1. The second kappa shape index (κ2) is 13.5. The Labute approximate surface area is 239 Å². The first-order chi connectivity index (χ1) is 20.1. The van der Waals surface area contributed by atoms with E-state index in [2.05, 4.69) is 46.4 Å². The molecule has 0 amide bonds. The third kappa shape index (κ3) is 6.94. The molecule has 0 aliphatic carbocycles. The van der Waals surface area contributed by atoms with Crippen LogP contribution < -0.4 is 5.32 Å². The number of aromatic nitrogens is 4. The minimum absolute atomic E-state index is 0.0203. The zero-order valence-electron chi connectivity index (χ0n) is 23.6. The SMILES string of the molecule is COCCN(CCOC)Cc1ccn2c(-c3ccnc(N[C@@H](C)c4ccccc4)n3)c(-c3ccc(F)cc3)nc2c1. The van der Waals surface area contributed by atoms with Crippen molar-refractivity contribution >= 4 is 11.6 Å². The van der Waals surface area contributed by atoms with Crippen LogP contribution >= 0.6 is 0 Å². The Hall–Kier alpha value is -4.18. The molecule has 0 bridgehead atoms. The van der Waals surface area contributed by atoms with Crippen molar-refractivity contribution in [2.75, 3.05) is 45.8 Å². The van der Waals surface area contributed by atoms with Gasteiger partial charge in [-0.15, -0.1) is 0 Å². The molecule has 0 radical (unpaired) electrons. The van der Waals surface area contributed by atoms with Crippen molar-refractivity contribution < 1.29 is 13.9 Å². The highest BCUT2D eigenvalue weighted by atomic mass is 19.1. The lowest BCUT2D eigenvalue weighted by Gasteiger charge is -2.21. The molecule has 3 aromatic heterocycles. The Balaban J connectivity index is 1.52. The number of pyridine rings is 1. The van der Waals surface area contributed by atoms with Crippen LogP contribution in [-0.2, 0) is 16.0 Å². The molecular weight excluding hydrogens is 519 g/mol. The van der Waals surface area contributed by atoms with Crippen LogP contribution in [0.5, 0.6) is 0 Å². The summed E-state index contributed by atoms with van der Waals surface area (Å²) < 4.78 is 26.5. The molecule has 0 saturated carbocycles. The summed E-state index contributed by atoms with van der Waals surface area (Å²) in [5.41, 5.74) is 6.09. The monoisotopic (exact) mass is 554 g/mol. The van der Waals surface area contributed by atoms with Gasteiger partial charge in [-0.2, -0.15) is 0 Å². The molecule has 2 aromatic carbocycles. The van der Waals surface area contributed by atoms with E-state index in [1.807, 2.05) is 34.9 Å². The van der Waals surface area contributed by atoms with Crippen molar-refractivity contribution in [1.29, 1.82) is 0 Å². The average molecular weight is 555 g/mol.